The van der Waals surface area contributed by atoms with Crippen molar-refractivity contribution >= 4 is 28.4 Å². The molecular formula is C28H25F4N7O4. The number of Topliss-reactive ketones (excluding diaryl/α,β-unsaturated/α-hetero) is 2. The summed E-state index contributed by atoms with van der Waals surface area (Å²) in [6, 6.07) is 4.87. The Morgan fingerprint density at radius 2 is 1.81 bits per heavy atom. The second-order valence-corrected chi connectivity index (χ2v) is 10.1. The SMILES string of the molecule is CC(=O)c1nn(CC(=O)N2C[C@H](F)C[C@H]2C(=O)Cc2ccnc(OCC(F)(F)F)n2)c2ccc(-c3cnc(C)nc3)cc12. The summed E-state index contributed by atoms with van der Waals surface area (Å²) >= 11 is 0. The van der Waals surface area contributed by atoms with E-state index in [1.54, 1.807) is 37.5 Å². The molecule has 0 saturated carbocycles. The largest absolute Gasteiger partial charge is 0.454 e. The van der Waals surface area contributed by atoms with Gasteiger partial charge >= 0.3 is 12.2 Å². The molecule has 5 rings (SSSR count). The molecule has 1 aliphatic rings. The van der Waals surface area contributed by atoms with Crippen LogP contribution in [0.4, 0.5) is 17.6 Å². The van der Waals surface area contributed by atoms with E-state index in [-0.39, 0.29) is 43.1 Å². The molecule has 1 amide bonds. The highest BCUT2D eigenvalue weighted by Crippen LogP contribution is 2.28. The summed E-state index contributed by atoms with van der Waals surface area (Å²) in [4.78, 5) is 55.9. The van der Waals surface area contributed by atoms with Gasteiger partial charge in [-0.3, -0.25) is 19.1 Å². The molecule has 4 aromatic rings. The summed E-state index contributed by atoms with van der Waals surface area (Å²) in [6.45, 7) is 0.819. The Hall–Kier alpha value is -4.82. The maximum atomic E-state index is 14.5. The minimum Gasteiger partial charge on any atom is -0.454 e. The van der Waals surface area contributed by atoms with Gasteiger partial charge in [0.2, 0.25) is 5.91 Å². The molecule has 224 valence electrons. The molecular weight excluding hydrogens is 574 g/mol. The number of alkyl halides is 4. The van der Waals surface area contributed by atoms with Gasteiger partial charge in [0.1, 0.15) is 24.2 Å². The van der Waals surface area contributed by atoms with Crippen molar-refractivity contribution in [3.05, 3.63) is 60.1 Å². The van der Waals surface area contributed by atoms with Gasteiger partial charge in [0.05, 0.1) is 30.2 Å². The molecule has 2 atom stereocenters. The number of aryl methyl sites for hydroxylation is 1. The first-order valence-corrected chi connectivity index (χ1v) is 13.2. The van der Waals surface area contributed by atoms with E-state index in [0.29, 0.717) is 16.7 Å². The van der Waals surface area contributed by atoms with E-state index in [0.717, 1.165) is 22.2 Å². The number of benzene rings is 1. The first kappa shape index (κ1) is 29.7. The normalized spacial score (nSPS) is 16.9. The zero-order valence-electron chi connectivity index (χ0n) is 23.0. The van der Waals surface area contributed by atoms with Gasteiger partial charge in [-0.15, -0.1) is 0 Å². The number of carbonyl (C=O) groups is 3. The number of ether oxygens (including phenoxy) is 1. The first-order valence-electron chi connectivity index (χ1n) is 13.2. The Morgan fingerprint density at radius 3 is 2.51 bits per heavy atom. The number of nitrogens with zero attached hydrogens (tertiary/aromatic N) is 7. The molecule has 1 fully saturated rings. The van der Waals surface area contributed by atoms with Gasteiger partial charge in [-0.1, -0.05) is 6.07 Å². The number of amides is 1. The Morgan fingerprint density at radius 1 is 1.07 bits per heavy atom. The van der Waals surface area contributed by atoms with Crippen molar-refractivity contribution in [3.63, 3.8) is 0 Å². The lowest BCUT2D eigenvalue weighted by molar-refractivity contribution is -0.154. The minimum atomic E-state index is -4.60. The molecule has 0 aliphatic carbocycles. The molecule has 43 heavy (non-hydrogen) atoms. The number of aromatic nitrogens is 6. The van der Waals surface area contributed by atoms with Crippen molar-refractivity contribution in [3.8, 4) is 17.1 Å². The molecule has 1 saturated heterocycles. The number of fused-ring (bicyclic) bond motifs is 1. The number of carbonyl (C=O) groups excluding carboxylic acids is 3. The molecule has 15 heteroatoms. The molecule has 4 heterocycles. The van der Waals surface area contributed by atoms with Gasteiger partial charge in [-0.05, 0) is 30.7 Å². The molecule has 3 aromatic heterocycles. The highest BCUT2D eigenvalue weighted by atomic mass is 19.4. The van der Waals surface area contributed by atoms with Crippen LogP contribution in [0.25, 0.3) is 22.0 Å². The van der Waals surface area contributed by atoms with Crippen LogP contribution in [0, 0.1) is 6.92 Å². The lowest BCUT2D eigenvalue weighted by Gasteiger charge is -2.23. The Labute approximate surface area is 241 Å². The van der Waals surface area contributed by atoms with Crippen molar-refractivity contribution in [2.24, 2.45) is 0 Å². The van der Waals surface area contributed by atoms with E-state index in [1.165, 1.54) is 17.7 Å². The first-order chi connectivity index (χ1) is 20.4. The smallest absolute Gasteiger partial charge is 0.422 e. The standard InChI is InChI=1S/C28H25F4N7O4/c1-15(40)26-21-7-17(18-10-34-16(2)35-11-18)3-4-22(21)39(37-26)13-25(42)38-12-19(29)8-23(38)24(41)9-20-5-6-33-27(36-20)43-14-28(30,31)32/h3-7,10-11,19,23H,8-9,12-14H2,1-2H3/t19-,23+/m1/s1. The van der Waals surface area contributed by atoms with E-state index < -0.39 is 42.7 Å². The highest BCUT2D eigenvalue weighted by molar-refractivity contribution is 6.06. The van der Waals surface area contributed by atoms with Crippen LogP contribution in [-0.4, -0.2) is 83.6 Å². The van der Waals surface area contributed by atoms with Gasteiger partial charge in [0.15, 0.2) is 18.2 Å². The van der Waals surface area contributed by atoms with Crippen molar-refractivity contribution in [1.29, 1.82) is 0 Å². The summed E-state index contributed by atoms with van der Waals surface area (Å²) in [7, 11) is 0. The van der Waals surface area contributed by atoms with E-state index in [1.807, 2.05) is 0 Å². The Balaban J connectivity index is 1.34. The third-order valence-corrected chi connectivity index (χ3v) is 6.84. The molecule has 0 N–H and O–H groups in total. The van der Waals surface area contributed by atoms with E-state index in [2.05, 4.69) is 29.8 Å². The monoisotopic (exact) mass is 599 g/mol. The molecule has 0 bridgehead atoms. The van der Waals surface area contributed by atoms with Gasteiger partial charge in [0, 0.05) is 42.9 Å². The average Bonchev–Trinajstić information content (AvgIpc) is 3.53. The summed E-state index contributed by atoms with van der Waals surface area (Å²) < 4.78 is 57.8. The van der Waals surface area contributed by atoms with Crippen LogP contribution >= 0.6 is 0 Å². The fourth-order valence-corrected chi connectivity index (χ4v) is 4.85. The Bertz CT molecular complexity index is 1690. The number of rotatable bonds is 9. The zero-order chi connectivity index (χ0) is 30.9. The van der Waals surface area contributed by atoms with E-state index in [4.69, 9.17) is 0 Å². The number of halogens is 4. The lowest BCUT2D eigenvalue weighted by atomic mass is 10.0. The summed E-state index contributed by atoms with van der Waals surface area (Å²) in [6.07, 6.45) is -2.23. The second-order valence-electron chi connectivity index (χ2n) is 10.1. The van der Waals surface area contributed by atoms with Crippen LogP contribution in [-0.2, 0) is 22.6 Å². The summed E-state index contributed by atoms with van der Waals surface area (Å²) in [5.41, 5.74) is 2.15. The van der Waals surface area contributed by atoms with Gasteiger partial charge < -0.3 is 9.64 Å². The fourth-order valence-electron chi connectivity index (χ4n) is 4.85. The van der Waals surface area contributed by atoms with Crippen molar-refractivity contribution in [1.82, 2.24) is 34.6 Å². The number of hydrogen-bond acceptors (Lipinski definition) is 9. The van der Waals surface area contributed by atoms with Gasteiger partial charge in [0.25, 0.3) is 0 Å². The third-order valence-electron chi connectivity index (χ3n) is 6.84. The highest BCUT2D eigenvalue weighted by Gasteiger charge is 2.40. The van der Waals surface area contributed by atoms with Crippen molar-refractivity contribution < 1.29 is 36.7 Å². The van der Waals surface area contributed by atoms with Gasteiger partial charge in [-0.25, -0.2) is 19.3 Å². The molecule has 0 radical (unpaired) electrons. The predicted molar refractivity (Wildman–Crippen MR) is 143 cm³/mol. The summed E-state index contributed by atoms with van der Waals surface area (Å²) in [5.74, 6) is -0.860. The van der Waals surface area contributed by atoms with Gasteiger partial charge in [-0.2, -0.15) is 23.3 Å². The van der Waals surface area contributed by atoms with Crippen LogP contribution < -0.4 is 4.74 Å². The minimum absolute atomic E-state index is 0.0610. The van der Waals surface area contributed by atoms with Crippen molar-refractivity contribution in [2.75, 3.05) is 13.2 Å². The summed E-state index contributed by atoms with van der Waals surface area (Å²) in [5, 5.41) is 4.85. The molecule has 0 spiro atoms. The van der Waals surface area contributed by atoms with Crippen LogP contribution in [0.15, 0.2) is 42.9 Å². The molecule has 0 unspecified atom stereocenters. The maximum absolute atomic E-state index is 14.5. The second kappa shape index (κ2) is 11.8. The zero-order valence-corrected chi connectivity index (χ0v) is 23.0. The van der Waals surface area contributed by atoms with E-state index >= 15 is 0 Å². The third kappa shape index (κ3) is 6.81. The molecule has 11 nitrogen and oxygen atoms in total. The molecule has 1 aromatic carbocycles. The quantitative estimate of drug-likeness (QED) is 0.209. The fraction of sp³-hybridized carbons (Fsp3) is 0.357. The van der Waals surface area contributed by atoms with Crippen LogP contribution in [0.3, 0.4) is 0 Å². The number of likely N-dealkylation sites (tertiary alicyclic amines) is 1. The Kier molecular flexibility index (Phi) is 8.15. The van der Waals surface area contributed by atoms with Crippen LogP contribution in [0.5, 0.6) is 6.01 Å². The maximum Gasteiger partial charge on any atom is 0.422 e. The van der Waals surface area contributed by atoms with Crippen LogP contribution in [0.1, 0.15) is 35.4 Å². The number of hydrogen-bond donors (Lipinski definition) is 0. The van der Waals surface area contributed by atoms with E-state index in [9.17, 15) is 31.9 Å². The molecule has 1 aliphatic heterocycles. The van der Waals surface area contributed by atoms with Crippen LogP contribution in [0.2, 0.25) is 0 Å². The number of ketones is 2. The predicted octanol–water partition coefficient (Wildman–Crippen LogP) is 3.49. The van der Waals surface area contributed by atoms with Crippen molar-refractivity contribution in [2.45, 2.75) is 51.6 Å². The topological polar surface area (TPSA) is 133 Å². The average molecular weight is 600 g/mol. The lowest BCUT2D eigenvalue weighted by Crippen LogP contribution is -2.43.